The second-order valence-electron chi connectivity index (χ2n) is 3.80. The zero-order valence-corrected chi connectivity index (χ0v) is 13.2. The molecule has 0 bridgehead atoms. The molecule has 0 unspecified atom stereocenters. The molecule has 1 rings (SSSR count). The summed E-state index contributed by atoms with van der Waals surface area (Å²) in [6.45, 7) is 2.06. The lowest BCUT2D eigenvalue weighted by atomic mass is 10.1. The Bertz CT molecular complexity index is 565. The third kappa shape index (κ3) is 3.99. The van der Waals surface area contributed by atoms with Gasteiger partial charge in [-0.25, -0.2) is 13.1 Å². The highest BCUT2D eigenvalue weighted by Crippen LogP contribution is 2.27. The fourth-order valence-corrected chi connectivity index (χ4v) is 3.42. The van der Waals surface area contributed by atoms with Gasteiger partial charge in [0.15, 0.2) is 0 Å². The standard InChI is InChI=1S/C13H19NO3S2/c1-5-10-6-7-11(12(8-10)17-3)9-13(18-4)19(15,16)14-2/h6-9,14H,5H2,1-4H3. The van der Waals surface area contributed by atoms with Crippen molar-refractivity contribution in [2.45, 2.75) is 13.3 Å². The summed E-state index contributed by atoms with van der Waals surface area (Å²) in [5.74, 6) is 0.678. The highest BCUT2D eigenvalue weighted by Gasteiger charge is 2.15. The van der Waals surface area contributed by atoms with Gasteiger partial charge in [-0.05, 0) is 37.4 Å². The summed E-state index contributed by atoms with van der Waals surface area (Å²) >= 11 is 1.18. The molecular weight excluding hydrogens is 282 g/mol. The van der Waals surface area contributed by atoms with Gasteiger partial charge >= 0.3 is 0 Å². The van der Waals surface area contributed by atoms with Crippen LogP contribution in [0.3, 0.4) is 0 Å². The van der Waals surface area contributed by atoms with Crippen molar-refractivity contribution < 1.29 is 13.2 Å². The Morgan fingerprint density at radius 2 is 2.16 bits per heavy atom. The molecule has 0 spiro atoms. The number of benzene rings is 1. The first-order valence-electron chi connectivity index (χ1n) is 5.84. The molecule has 0 atom stereocenters. The van der Waals surface area contributed by atoms with Gasteiger partial charge in [-0.15, -0.1) is 11.8 Å². The van der Waals surface area contributed by atoms with Crippen LogP contribution in [0.15, 0.2) is 22.4 Å². The highest BCUT2D eigenvalue weighted by atomic mass is 32.3. The second-order valence-corrected chi connectivity index (χ2v) is 6.77. The van der Waals surface area contributed by atoms with Gasteiger partial charge in [-0.1, -0.05) is 19.1 Å². The van der Waals surface area contributed by atoms with E-state index < -0.39 is 10.0 Å². The first-order valence-corrected chi connectivity index (χ1v) is 8.55. The molecule has 4 nitrogen and oxygen atoms in total. The average Bonchev–Trinajstić information content (AvgIpc) is 2.44. The van der Waals surface area contributed by atoms with E-state index in [-0.39, 0.29) is 4.24 Å². The first-order chi connectivity index (χ1) is 8.98. The van der Waals surface area contributed by atoms with E-state index >= 15 is 0 Å². The molecule has 0 fully saturated rings. The Labute approximate surface area is 119 Å². The number of sulfonamides is 1. The van der Waals surface area contributed by atoms with Gasteiger partial charge in [0.05, 0.1) is 7.11 Å². The number of hydrogen-bond acceptors (Lipinski definition) is 4. The summed E-state index contributed by atoms with van der Waals surface area (Å²) in [4.78, 5) is 0. The van der Waals surface area contributed by atoms with Crippen molar-refractivity contribution in [2.75, 3.05) is 20.4 Å². The molecule has 0 saturated carbocycles. The summed E-state index contributed by atoms with van der Waals surface area (Å²) in [7, 11) is -0.450. The van der Waals surface area contributed by atoms with Crippen LogP contribution in [0.5, 0.6) is 5.75 Å². The summed E-state index contributed by atoms with van der Waals surface area (Å²) in [5.41, 5.74) is 1.90. The van der Waals surface area contributed by atoms with Gasteiger partial charge in [-0.2, -0.15) is 0 Å². The SMILES string of the molecule is CCc1ccc(C=C(SC)S(=O)(=O)NC)c(OC)c1. The van der Waals surface area contributed by atoms with E-state index in [0.717, 1.165) is 17.5 Å². The normalized spacial score (nSPS) is 12.5. The predicted octanol–water partition coefficient (Wildman–Crippen LogP) is 2.47. The second kappa shape index (κ2) is 6.98. The van der Waals surface area contributed by atoms with Crippen molar-refractivity contribution >= 4 is 27.9 Å². The molecule has 0 aliphatic carbocycles. The first kappa shape index (κ1) is 16.1. The van der Waals surface area contributed by atoms with E-state index in [9.17, 15) is 8.42 Å². The van der Waals surface area contributed by atoms with Gasteiger partial charge in [0.2, 0.25) is 10.0 Å². The van der Waals surface area contributed by atoms with Crippen molar-refractivity contribution in [3.05, 3.63) is 33.6 Å². The quantitative estimate of drug-likeness (QED) is 0.877. The Hall–Kier alpha value is -0.980. The zero-order chi connectivity index (χ0) is 14.5. The van der Waals surface area contributed by atoms with Crippen molar-refractivity contribution in [2.24, 2.45) is 0 Å². The minimum Gasteiger partial charge on any atom is -0.496 e. The monoisotopic (exact) mass is 301 g/mol. The summed E-state index contributed by atoms with van der Waals surface area (Å²) < 4.78 is 31.5. The molecule has 1 N–H and O–H groups in total. The van der Waals surface area contributed by atoms with Crippen LogP contribution in [0.1, 0.15) is 18.1 Å². The summed E-state index contributed by atoms with van der Waals surface area (Å²) in [6, 6.07) is 5.77. The van der Waals surface area contributed by atoms with E-state index in [0.29, 0.717) is 5.75 Å². The van der Waals surface area contributed by atoms with Gasteiger partial charge < -0.3 is 4.74 Å². The molecule has 1 aromatic carbocycles. The zero-order valence-electron chi connectivity index (χ0n) is 11.6. The van der Waals surface area contributed by atoms with Gasteiger partial charge in [-0.3, -0.25) is 0 Å². The van der Waals surface area contributed by atoms with Crippen molar-refractivity contribution in [3.63, 3.8) is 0 Å². The third-order valence-corrected chi connectivity index (χ3v) is 5.58. The van der Waals surface area contributed by atoms with Crippen LogP contribution in [-0.4, -0.2) is 28.8 Å². The van der Waals surface area contributed by atoms with Crippen LogP contribution in [0.25, 0.3) is 6.08 Å². The number of methoxy groups -OCH3 is 1. The maximum absolute atomic E-state index is 11.8. The molecular formula is C13H19NO3S2. The lowest BCUT2D eigenvalue weighted by Gasteiger charge is -2.09. The number of hydrogen-bond donors (Lipinski definition) is 1. The minimum atomic E-state index is -3.43. The minimum absolute atomic E-state index is 0.262. The van der Waals surface area contributed by atoms with E-state index in [2.05, 4.69) is 11.6 Å². The summed E-state index contributed by atoms with van der Waals surface area (Å²) in [6.07, 6.45) is 4.26. The van der Waals surface area contributed by atoms with E-state index in [1.165, 1.54) is 18.8 Å². The molecule has 0 heterocycles. The molecule has 0 amide bonds. The highest BCUT2D eigenvalue weighted by molar-refractivity contribution is 8.17. The molecule has 6 heteroatoms. The van der Waals surface area contributed by atoms with Crippen LogP contribution < -0.4 is 9.46 Å². The molecule has 106 valence electrons. The van der Waals surface area contributed by atoms with Gasteiger partial charge in [0.25, 0.3) is 0 Å². The van der Waals surface area contributed by atoms with E-state index in [4.69, 9.17) is 4.74 Å². The van der Waals surface area contributed by atoms with E-state index in [1.54, 1.807) is 19.4 Å². The molecule has 0 aromatic heterocycles. The van der Waals surface area contributed by atoms with Crippen LogP contribution in [0.2, 0.25) is 0 Å². The predicted molar refractivity (Wildman–Crippen MR) is 81.8 cm³/mol. The third-order valence-electron chi connectivity index (χ3n) is 2.71. The molecule has 19 heavy (non-hydrogen) atoms. The lowest BCUT2D eigenvalue weighted by Crippen LogP contribution is -2.18. The molecule has 0 aliphatic heterocycles. The Balaban J connectivity index is 3.30. The van der Waals surface area contributed by atoms with Crippen molar-refractivity contribution in [1.29, 1.82) is 0 Å². The molecule has 1 aromatic rings. The maximum Gasteiger partial charge on any atom is 0.246 e. The number of aryl methyl sites for hydroxylation is 1. The topological polar surface area (TPSA) is 55.4 Å². The molecule has 0 aliphatic rings. The van der Waals surface area contributed by atoms with E-state index in [1.807, 2.05) is 18.2 Å². The number of ether oxygens (including phenoxy) is 1. The van der Waals surface area contributed by atoms with Crippen molar-refractivity contribution in [1.82, 2.24) is 4.72 Å². The molecule has 0 saturated heterocycles. The Morgan fingerprint density at radius 1 is 1.47 bits per heavy atom. The fourth-order valence-electron chi connectivity index (χ4n) is 1.57. The number of rotatable bonds is 6. The van der Waals surface area contributed by atoms with Crippen molar-refractivity contribution in [3.8, 4) is 5.75 Å². The van der Waals surface area contributed by atoms with Crippen LogP contribution in [0.4, 0.5) is 0 Å². The van der Waals surface area contributed by atoms with Crippen LogP contribution in [0, 0.1) is 0 Å². The smallest absolute Gasteiger partial charge is 0.246 e. The maximum atomic E-state index is 11.8. The van der Waals surface area contributed by atoms with Gasteiger partial charge in [0, 0.05) is 5.56 Å². The van der Waals surface area contributed by atoms with Crippen LogP contribution in [-0.2, 0) is 16.4 Å². The lowest BCUT2D eigenvalue weighted by molar-refractivity contribution is 0.413. The average molecular weight is 301 g/mol. The van der Waals surface area contributed by atoms with Gasteiger partial charge in [0.1, 0.15) is 9.99 Å². The molecule has 0 radical (unpaired) electrons. The summed E-state index contributed by atoms with van der Waals surface area (Å²) in [5, 5.41) is 0. The largest absolute Gasteiger partial charge is 0.496 e. The number of thioether (sulfide) groups is 1. The number of nitrogens with one attached hydrogen (secondary N) is 1. The Kier molecular flexibility index (Phi) is 5.90. The van der Waals surface area contributed by atoms with Crippen LogP contribution >= 0.6 is 11.8 Å². The fraction of sp³-hybridized carbons (Fsp3) is 0.385. The Morgan fingerprint density at radius 3 is 2.63 bits per heavy atom.